The van der Waals surface area contributed by atoms with E-state index in [1.165, 1.54) is 5.57 Å². The van der Waals surface area contributed by atoms with E-state index in [1.54, 1.807) is 0 Å². The van der Waals surface area contributed by atoms with Gasteiger partial charge in [0.25, 0.3) is 0 Å². The summed E-state index contributed by atoms with van der Waals surface area (Å²) < 4.78 is 0. The summed E-state index contributed by atoms with van der Waals surface area (Å²) in [5.74, 6) is 0.159. The monoisotopic (exact) mass is 318 g/mol. The number of carbonyl (C=O) groups is 1. The van der Waals surface area contributed by atoms with Gasteiger partial charge in [0.2, 0.25) is 5.91 Å². The van der Waals surface area contributed by atoms with Gasteiger partial charge in [-0.15, -0.1) is 0 Å². The smallest absolute Gasteiger partial charge is 0.230 e. The second-order valence-corrected chi connectivity index (χ2v) is 6.74. The van der Waals surface area contributed by atoms with Crippen LogP contribution < -0.4 is 10.6 Å². The first kappa shape index (κ1) is 15.6. The van der Waals surface area contributed by atoms with E-state index in [2.05, 4.69) is 16.7 Å². The topological polar surface area (TPSA) is 41.1 Å². The van der Waals surface area contributed by atoms with Gasteiger partial charge in [0, 0.05) is 18.1 Å². The lowest BCUT2D eigenvalue weighted by Crippen LogP contribution is -2.43. The lowest BCUT2D eigenvalue weighted by atomic mass is 9.78. The van der Waals surface area contributed by atoms with E-state index in [4.69, 9.17) is 11.6 Å². The minimum Gasteiger partial charge on any atom is -0.352 e. The quantitative estimate of drug-likeness (QED) is 0.837. The van der Waals surface area contributed by atoms with Gasteiger partial charge >= 0.3 is 0 Å². The standard InChI is InChI=1S/C18H23ClN2O/c19-16-5-3-4-15(12-16)18(8-1-2-9-18)17(22)21-13-14-6-10-20-11-7-14/h3-6,12,20H,1-2,7-11,13H2,(H,21,22). The fourth-order valence-corrected chi connectivity index (χ4v) is 3.79. The summed E-state index contributed by atoms with van der Waals surface area (Å²) in [5, 5.41) is 7.17. The number of nitrogens with one attached hydrogen (secondary N) is 2. The Balaban J connectivity index is 1.75. The Kier molecular flexibility index (Phi) is 4.84. The molecule has 1 aliphatic heterocycles. The van der Waals surface area contributed by atoms with Crippen LogP contribution in [0.4, 0.5) is 0 Å². The summed E-state index contributed by atoms with van der Waals surface area (Å²) >= 11 is 6.14. The van der Waals surface area contributed by atoms with Crippen LogP contribution in [0, 0.1) is 0 Å². The Labute approximate surface area is 137 Å². The molecule has 3 nitrogen and oxygen atoms in total. The summed E-state index contributed by atoms with van der Waals surface area (Å²) in [5.41, 5.74) is 2.00. The number of halogens is 1. The molecule has 1 fully saturated rings. The first-order valence-electron chi connectivity index (χ1n) is 8.14. The van der Waals surface area contributed by atoms with Gasteiger partial charge in [0.05, 0.1) is 5.41 Å². The summed E-state index contributed by atoms with van der Waals surface area (Å²) in [4.78, 5) is 12.9. The number of rotatable bonds is 4. The normalized spacial score (nSPS) is 20.5. The van der Waals surface area contributed by atoms with Gasteiger partial charge in [0.1, 0.15) is 0 Å². The zero-order valence-electron chi connectivity index (χ0n) is 12.8. The summed E-state index contributed by atoms with van der Waals surface area (Å²) in [6.07, 6.45) is 7.24. The van der Waals surface area contributed by atoms with Gasteiger partial charge in [-0.3, -0.25) is 4.79 Å². The van der Waals surface area contributed by atoms with Crippen molar-refractivity contribution < 1.29 is 4.79 Å². The maximum atomic E-state index is 12.9. The summed E-state index contributed by atoms with van der Waals surface area (Å²) in [6.45, 7) is 2.58. The zero-order chi connectivity index (χ0) is 15.4. The molecule has 2 aliphatic rings. The minimum absolute atomic E-state index is 0.159. The Morgan fingerprint density at radius 1 is 1.32 bits per heavy atom. The van der Waals surface area contributed by atoms with Crippen LogP contribution in [0.5, 0.6) is 0 Å². The molecule has 2 N–H and O–H groups in total. The average Bonchev–Trinajstić information content (AvgIpc) is 3.05. The predicted molar refractivity (Wildman–Crippen MR) is 90.2 cm³/mol. The molecule has 0 saturated heterocycles. The SMILES string of the molecule is O=C(NCC1=CCNCC1)C1(c2cccc(Cl)c2)CCCC1. The molecule has 1 heterocycles. The predicted octanol–water partition coefficient (Wildman–Crippen LogP) is 3.19. The van der Waals surface area contributed by atoms with E-state index in [1.807, 2.05) is 24.3 Å². The van der Waals surface area contributed by atoms with Crippen molar-refractivity contribution in [1.82, 2.24) is 10.6 Å². The molecule has 0 radical (unpaired) electrons. The molecule has 1 aliphatic carbocycles. The third-order valence-electron chi connectivity index (χ3n) is 4.90. The molecule has 0 spiro atoms. The van der Waals surface area contributed by atoms with E-state index in [9.17, 15) is 4.79 Å². The van der Waals surface area contributed by atoms with E-state index in [0.29, 0.717) is 11.6 Å². The van der Waals surface area contributed by atoms with Gasteiger partial charge < -0.3 is 10.6 Å². The molecule has 118 valence electrons. The number of hydrogen-bond acceptors (Lipinski definition) is 2. The molecule has 0 aromatic heterocycles. The maximum absolute atomic E-state index is 12.9. The van der Waals surface area contributed by atoms with Crippen LogP contribution in [0.3, 0.4) is 0 Å². The second-order valence-electron chi connectivity index (χ2n) is 6.30. The third-order valence-corrected chi connectivity index (χ3v) is 5.14. The lowest BCUT2D eigenvalue weighted by molar-refractivity contribution is -0.126. The Hall–Kier alpha value is -1.32. The van der Waals surface area contributed by atoms with E-state index < -0.39 is 5.41 Å². The van der Waals surface area contributed by atoms with Crippen LogP contribution >= 0.6 is 11.6 Å². The van der Waals surface area contributed by atoms with Crippen molar-refractivity contribution in [3.63, 3.8) is 0 Å². The number of carbonyl (C=O) groups excluding carboxylic acids is 1. The molecule has 0 bridgehead atoms. The number of benzene rings is 1. The van der Waals surface area contributed by atoms with Gasteiger partial charge in [-0.05, 0) is 43.5 Å². The molecule has 0 unspecified atom stereocenters. The molecular weight excluding hydrogens is 296 g/mol. The first-order chi connectivity index (χ1) is 10.7. The van der Waals surface area contributed by atoms with Crippen LogP contribution in [0.15, 0.2) is 35.9 Å². The largest absolute Gasteiger partial charge is 0.352 e. The van der Waals surface area contributed by atoms with Crippen LogP contribution in [-0.2, 0) is 10.2 Å². The van der Waals surface area contributed by atoms with E-state index >= 15 is 0 Å². The van der Waals surface area contributed by atoms with Gasteiger partial charge in [-0.2, -0.15) is 0 Å². The highest BCUT2D eigenvalue weighted by molar-refractivity contribution is 6.30. The van der Waals surface area contributed by atoms with Gasteiger partial charge in [-0.25, -0.2) is 0 Å². The molecule has 1 saturated carbocycles. The van der Waals surface area contributed by atoms with Crippen molar-refractivity contribution in [1.29, 1.82) is 0 Å². The van der Waals surface area contributed by atoms with Crippen LogP contribution in [0.25, 0.3) is 0 Å². The summed E-state index contributed by atoms with van der Waals surface area (Å²) in [7, 11) is 0. The average molecular weight is 319 g/mol. The van der Waals surface area contributed by atoms with Crippen LogP contribution in [0.1, 0.15) is 37.7 Å². The first-order valence-corrected chi connectivity index (χ1v) is 8.51. The van der Waals surface area contributed by atoms with E-state index in [0.717, 1.165) is 50.8 Å². The summed E-state index contributed by atoms with van der Waals surface area (Å²) in [6, 6.07) is 7.81. The molecule has 1 amide bonds. The van der Waals surface area contributed by atoms with Crippen molar-refractivity contribution in [3.8, 4) is 0 Å². The molecule has 1 aromatic carbocycles. The van der Waals surface area contributed by atoms with Crippen molar-refractivity contribution in [2.75, 3.05) is 19.6 Å². The van der Waals surface area contributed by atoms with Crippen LogP contribution in [-0.4, -0.2) is 25.5 Å². The van der Waals surface area contributed by atoms with Crippen LogP contribution in [0.2, 0.25) is 5.02 Å². The fourth-order valence-electron chi connectivity index (χ4n) is 3.60. The molecule has 0 atom stereocenters. The molecule has 22 heavy (non-hydrogen) atoms. The Bertz CT molecular complexity index is 576. The highest BCUT2D eigenvalue weighted by Gasteiger charge is 2.42. The number of hydrogen-bond donors (Lipinski definition) is 2. The highest BCUT2D eigenvalue weighted by Crippen LogP contribution is 2.42. The van der Waals surface area contributed by atoms with Gasteiger partial charge in [0.15, 0.2) is 0 Å². The third kappa shape index (κ3) is 3.21. The second kappa shape index (κ2) is 6.84. The van der Waals surface area contributed by atoms with E-state index in [-0.39, 0.29) is 5.91 Å². The van der Waals surface area contributed by atoms with Crippen molar-refractivity contribution in [2.45, 2.75) is 37.5 Å². The molecule has 1 aromatic rings. The van der Waals surface area contributed by atoms with Crippen molar-refractivity contribution >= 4 is 17.5 Å². The zero-order valence-corrected chi connectivity index (χ0v) is 13.6. The minimum atomic E-state index is -0.390. The van der Waals surface area contributed by atoms with Crippen molar-refractivity contribution in [3.05, 3.63) is 46.5 Å². The fraction of sp³-hybridized carbons (Fsp3) is 0.500. The molecular formula is C18H23ClN2O. The molecule has 4 heteroatoms. The Morgan fingerprint density at radius 3 is 2.82 bits per heavy atom. The molecule has 3 rings (SSSR count). The highest BCUT2D eigenvalue weighted by atomic mass is 35.5. The van der Waals surface area contributed by atoms with Gasteiger partial charge in [-0.1, -0.05) is 48.2 Å². The number of amides is 1. The lowest BCUT2D eigenvalue weighted by Gasteiger charge is -2.29. The maximum Gasteiger partial charge on any atom is 0.230 e. The Morgan fingerprint density at radius 2 is 2.14 bits per heavy atom. The van der Waals surface area contributed by atoms with Crippen molar-refractivity contribution in [2.24, 2.45) is 0 Å².